The van der Waals surface area contributed by atoms with Gasteiger partial charge < -0.3 is 9.84 Å². The van der Waals surface area contributed by atoms with E-state index in [1.54, 1.807) is 0 Å². The predicted molar refractivity (Wildman–Crippen MR) is 59.9 cm³/mol. The number of hydrogen-bond acceptors (Lipinski definition) is 2. The monoisotopic (exact) mass is 206 g/mol. The molecular formula is C13H18O2. The summed E-state index contributed by atoms with van der Waals surface area (Å²) in [4.78, 5) is 0. The van der Waals surface area contributed by atoms with E-state index in [0.717, 1.165) is 6.42 Å². The molecule has 0 saturated carbocycles. The van der Waals surface area contributed by atoms with E-state index in [-0.39, 0.29) is 6.10 Å². The standard InChI is InChI=1S/C13H18O2/c1-10-5-3-4-6-12(10)9-13(14)7-8-15-11(13)2/h3-6,11,14H,7-9H2,1-2H3. The summed E-state index contributed by atoms with van der Waals surface area (Å²) in [6.07, 6.45) is 1.38. The van der Waals surface area contributed by atoms with Gasteiger partial charge >= 0.3 is 0 Å². The largest absolute Gasteiger partial charge is 0.387 e. The van der Waals surface area contributed by atoms with Gasteiger partial charge in [-0.2, -0.15) is 0 Å². The summed E-state index contributed by atoms with van der Waals surface area (Å²) in [7, 11) is 0. The van der Waals surface area contributed by atoms with Crippen molar-refractivity contribution in [3.8, 4) is 0 Å². The van der Waals surface area contributed by atoms with Crippen LogP contribution < -0.4 is 0 Å². The summed E-state index contributed by atoms with van der Waals surface area (Å²) in [5.41, 5.74) is 1.79. The van der Waals surface area contributed by atoms with Gasteiger partial charge in [-0.3, -0.25) is 0 Å². The second-order valence-electron chi connectivity index (χ2n) is 4.47. The van der Waals surface area contributed by atoms with E-state index >= 15 is 0 Å². The summed E-state index contributed by atoms with van der Waals surface area (Å²) in [6, 6.07) is 8.21. The van der Waals surface area contributed by atoms with Crippen molar-refractivity contribution in [1.29, 1.82) is 0 Å². The Morgan fingerprint density at radius 1 is 1.47 bits per heavy atom. The minimum atomic E-state index is -0.674. The van der Waals surface area contributed by atoms with Crippen molar-refractivity contribution in [3.05, 3.63) is 35.4 Å². The molecule has 15 heavy (non-hydrogen) atoms. The van der Waals surface area contributed by atoms with Gasteiger partial charge in [0.25, 0.3) is 0 Å². The van der Waals surface area contributed by atoms with Gasteiger partial charge in [0.2, 0.25) is 0 Å². The lowest BCUT2D eigenvalue weighted by molar-refractivity contribution is -0.0269. The molecule has 2 unspecified atom stereocenters. The molecular weight excluding hydrogens is 188 g/mol. The smallest absolute Gasteiger partial charge is 0.0967 e. The summed E-state index contributed by atoms with van der Waals surface area (Å²) in [5.74, 6) is 0. The summed E-state index contributed by atoms with van der Waals surface area (Å²) < 4.78 is 5.43. The predicted octanol–water partition coefficient (Wildman–Crippen LogP) is 2.08. The second-order valence-corrected chi connectivity index (χ2v) is 4.47. The molecule has 1 aliphatic heterocycles. The average Bonchev–Trinajstić information content (AvgIpc) is 2.51. The first-order valence-electron chi connectivity index (χ1n) is 5.50. The van der Waals surface area contributed by atoms with Crippen LogP contribution in [0, 0.1) is 6.92 Å². The van der Waals surface area contributed by atoms with Gasteiger partial charge in [0.1, 0.15) is 0 Å². The molecule has 1 fully saturated rings. The van der Waals surface area contributed by atoms with Crippen LogP contribution in [0.3, 0.4) is 0 Å². The Labute approximate surface area is 90.9 Å². The minimum absolute atomic E-state index is 0.0582. The summed E-state index contributed by atoms with van der Waals surface area (Å²) in [6.45, 7) is 4.70. The molecule has 0 amide bonds. The van der Waals surface area contributed by atoms with E-state index in [0.29, 0.717) is 13.0 Å². The molecule has 0 spiro atoms. The van der Waals surface area contributed by atoms with Gasteiger partial charge in [0.05, 0.1) is 11.7 Å². The van der Waals surface area contributed by atoms with Crippen molar-refractivity contribution in [2.24, 2.45) is 0 Å². The van der Waals surface area contributed by atoms with Crippen molar-refractivity contribution in [1.82, 2.24) is 0 Å². The molecule has 0 aliphatic carbocycles. The van der Waals surface area contributed by atoms with E-state index in [9.17, 15) is 5.11 Å². The Kier molecular flexibility index (Phi) is 2.81. The van der Waals surface area contributed by atoms with Crippen LogP contribution in [0.15, 0.2) is 24.3 Å². The Hall–Kier alpha value is -0.860. The van der Waals surface area contributed by atoms with Crippen LogP contribution in [0.25, 0.3) is 0 Å². The first-order chi connectivity index (χ1) is 7.12. The lowest BCUT2D eigenvalue weighted by atomic mass is 9.87. The fourth-order valence-corrected chi connectivity index (χ4v) is 2.14. The fourth-order valence-electron chi connectivity index (χ4n) is 2.14. The van der Waals surface area contributed by atoms with Crippen LogP contribution in [-0.4, -0.2) is 23.4 Å². The number of hydrogen-bond donors (Lipinski definition) is 1. The average molecular weight is 206 g/mol. The highest BCUT2D eigenvalue weighted by Crippen LogP contribution is 2.30. The zero-order valence-corrected chi connectivity index (χ0v) is 9.36. The van der Waals surface area contributed by atoms with E-state index in [1.807, 2.05) is 19.1 Å². The Morgan fingerprint density at radius 2 is 2.20 bits per heavy atom. The quantitative estimate of drug-likeness (QED) is 0.802. The molecule has 0 radical (unpaired) electrons. The van der Waals surface area contributed by atoms with Crippen LogP contribution in [-0.2, 0) is 11.2 Å². The first-order valence-corrected chi connectivity index (χ1v) is 5.50. The normalized spacial score (nSPS) is 30.7. The highest BCUT2D eigenvalue weighted by molar-refractivity contribution is 5.27. The van der Waals surface area contributed by atoms with Gasteiger partial charge in [-0.15, -0.1) is 0 Å². The molecule has 2 nitrogen and oxygen atoms in total. The molecule has 1 aromatic carbocycles. The van der Waals surface area contributed by atoms with Crippen molar-refractivity contribution >= 4 is 0 Å². The van der Waals surface area contributed by atoms with Gasteiger partial charge in [0.15, 0.2) is 0 Å². The van der Waals surface area contributed by atoms with Crippen LogP contribution >= 0.6 is 0 Å². The Balaban J connectivity index is 2.18. The van der Waals surface area contributed by atoms with E-state index in [4.69, 9.17) is 4.74 Å². The van der Waals surface area contributed by atoms with Crippen molar-refractivity contribution in [2.75, 3.05) is 6.61 Å². The lowest BCUT2D eigenvalue weighted by Gasteiger charge is -2.26. The van der Waals surface area contributed by atoms with E-state index in [1.165, 1.54) is 11.1 Å². The highest BCUT2D eigenvalue weighted by Gasteiger charge is 2.39. The molecule has 82 valence electrons. The fraction of sp³-hybridized carbons (Fsp3) is 0.538. The molecule has 1 N–H and O–H groups in total. The molecule has 2 rings (SSSR count). The Morgan fingerprint density at radius 3 is 2.80 bits per heavy atom. The molecule has 1 heterocycles. The van der Waals surface area contributed by atoms with Gasteiger partial charge in [-0.25, -0.2) is 0 Å². The summed E-state index contributed by atoms with van der Waals surface area (Å²) in [5, 5.41) is 10.4. The molecule has 0 bridgehead atoms. The van der Waals surface area contributed by atoms with Crippen molar-refractivity contribution in [3.63, 3.8) is 0 Å². The van der Waals surface area contributed by atoms with Gasteiger partial charge in [0, 0.05) is 19.4 Å². The Bertz CT molecular complexity index is 348. The van der Waals surface area contributed by atoms with Gasteiger partial charge in [-0.05, 0) is 25.0 Å². The van der Waals surface area contributed by atoms with Crippen LogP contribution in [0.2, 0.25) is 0 Å². The first kappa shape index (κ1) is 10.7. The van der Waals surface area contributed by atoms with Crippen molar-refractivity contribution < 1.29 is 9.84 Å². The maximum atomic E-state index is 10.4. The maximum Gasteiger partial charge on any atom is 0.0967 e. The highest BCUT2D eigenvalue weighted by atomic mass is 16.5. The molecule has 2 heteroatoms. The number of aliphatic hydroxyl groups is 1. The SMILES string of the molecule is Cc1ccccc1CC1(O)CCOC1C. The van der Waals surface area contributed by atoms with Crippen LogP contribution in [0.1, 0.15) is 24.5 Å². The van der Waals surface area contributed by atoms with Gasteiger partial charge in [-0.1, -0.05) is 24.3 Å². The second kappa shape index (κ2) is 3.95. The molecule has 0 aromatic heterocycles. The topological polar surface area (TPSA) is 29.5 Å². The van der Waals surface area contributed by atoms with E-state index in [2.05, 4.69) is 19.1 Å². The third-order valence-corrected chi connectivity index (χ3v) is 3.42. The molecule has 1 aromatic rings. The zero-order valence-electron chi connectivity index (χ0n) is 9.36. The number of benzene rings is 1. The zero-order chi connectivity index (χ0) is 10.9. The lowest BCUT2D eigenvalue weighted by Crippen LogP contribution is -2.38. The third-order valence-electron chi connectivity index (χ3n) is 3.42. The number of ether oxygens (including phenoxy) is 1. The van der Waals surface area contributed by atoms with Crippen molar-refractivity contribution in [2.45, 2.75) is 38.4 Å². The van der Waals surface area contributed by atoms with Crippen LogP contribution in [0.4, 0.5) is 0 Å². The minimum Gasteiger partial charge on any atom is -0.387 e. The van der Waals surface area contributed by atoms with E-state index < -0.39 is 5.60 Å². The third kappa shape index (κ3) is 2.06. The molecule has 1 saturated heterocycles. The number of aryl methyl sites for hydroxylation is 1. The maximum absolute atomic E-state index is 10.4. The van der Waals surface area contributed by atoms with Crippen LogP contribution in [0.5, 0.6) is 0 Å². The molecule has 2 atom stereocenters. The molecule has 1 aliphatic rings. The number of rotatable bonds is 2. The summed E-state index contributed by atoms with van der Waals surface area (Å²) >= 11 is 0.